The van der Waals surface area contributed by atoms with Crippen LogP contribution >= 0.6 is 0 Å². The Morgan fingerprint density at radius 3 is 1.83 bits per heavy atom. The van der Waals surface area contributed by atoms with Crippen LogP contribution in [0.2, 0.25) is 0 Å². The van der Waals surface area contributed by atoms with Crippen molar-refractivity contribution >= 4 is 0 Å². The molecule has 0 amide bonds. The van der Waals surface area contributed by atoms with E-state index in [1.807, 2.05) is 0 Å². The fourth-order valence-corrected chi connectivity index (χ4v) is 1.87. The Kier molecular flexibility index (Phi) is 1.69. The summed E-state index contributed by atoms with van der Waals surface area (Å²) < 4.78 is 0. The molecule has 0 bridgehead atoms. The zero-order chi connectivity index (χ0) is 8.72. The Bertz CT molecular complexity index is 284. The maximum Gasteiger partial charge on any atom is 0.0237 e. The van der Waals surface area contributed by atoms with Gasteiger partial charge in [0.1, 0.15) is 0 Å². The SMILES string of the molecule is Cc1cc2c(cc1C)CN(C)C2. The van der Waals surface area contributed by atoms with E-state index < -0.39 is 0 Å². The second-order valence-corrected chi connectivity index (χ2v) is 3.88. The van der Waals surface area contributed by atoms with Gasteiger partial charge >= 0.3 is 0 Å². The van der Waals surface area contributed by atoms with Gasteiger partial charge in [-0.15, -0.1) is 0 Å². The molecular weight excluding hydrogens is 146 g/mol. The molecule has 0 spiro atoms. The molecule has 64 valence electrons. The minimum absolute atomic E-state index is 1.12. The maximum absolute atomic E-state index is 2.35. The summed E-state index contributed by atoms with van der Waals surface area (Å²) in [7, 11) is 2.17. The van der Waals surface area contributed by atoms with Gasteiger partial charge in [0.05, 0.1) is 0 Å². The summed E-state index contributed by atoms with van der Waals surface area (Å²) in [6.07, 6.45) is 0. The molecule has 1 nitrogen and oxygen atoms in total. The molecular formula is C11H15N. The average Bonchev–Trinajstić information content (AvgIpc) is 2.30. The number of aryl methyl sites for hydroxylation is 2. The number of fused-ring (bicyclic) bond motifs is 1. The highest BCUT2D eigenvalue weighted by Gasteiger charge is 2.15. The first-order chi connectivity index (χ1) is 5.66. The van der Waals surface area contributed by atoms with Gasteiger partial charge in [0, 0.05) is 13.1 Å². The first kappa shape index (κ1) is 7.81. The van der Waals surface area contributed by atoms with E-state index in [-0.39, 0.29) is 0 Å². The molecule has 2 rings (SSSR count). The lowest BCUT2D eigenvalue weighted by Crippen LogP contribution is -2.07. The van der Waals surface area contributed by atoms with E-state index in [9.17, 15) is 0 Å². The highest BCUT2D eigenvalue weighted by molar-refractivity contribution is 5.39. The van der Waals surface area contributed by atoms with E-state index in [0.29, 0.717) is 0 Å². The van der Waals surface area contributed by atoms with Crippen molar-refractivity contribution in [2.24, 2.45) is 0 Å². The van der Waals surface area contributed by atoms with Crippen LogP contribution in [0.4, 0.5) is 0 Å². The number of nitrogens with zero attached hydrogens (tertiary/aromatic N) is 1. The molecule has 0 radical (unpaired) electrons. The quantitative estimate of drug-likeness (QED) is 0.564. The number of hydrogen-bond acceptors (Lipinski definition) is 1. The summed E-state index contributed by atoms with van der Waals surface area (Å²) in [5.74, 6) is 0. The van der Waals surface area contributed by atoms with Gasteiger partial charge < -0.3 is 0 Å². The lowest BCUT2D eigenvalue weighted by atomic mass is 10.0. The van der Waals surface area contributed by atoms with Gasteiger partial charge in [-0.05, 0) is 43.1 Å². The van der Waals surface area contributed by atoms with Gasteiger partial charge in [-0.3, -0.25) is 4.90 Å². The van der Waals surface area contributed by atoms with Gasteiger partial charge in [-0.1, -0.05) is 12.1 Å². The summed E-state index contributed by atoms with van der Waals surface area (Å²) in [5, 5.41) is 0. The normalized spacial score (nSPS) is 16.6. The van der Waals surface area contributed by atoms with Gasteiger partial charge in [0.15, 0.2) is 0 Å². The Hall–Kier alpha value is -0.820. The summed E-state index contributed by atoms with van der Waals surface area (Å²) in [4.78, 5) is 2.35. The second-order valence-electron chi connectivity index (χ2n) is 3.88. The lowest BCUT2D eigenvalue weighted by molar-refractivity contribution is 0.353. The molecule has 0 atom stereocenters. The van der Waals surface area contributed by atoms with Crippen molar-refractivity contribution in [3.8, 4) is 0 Å². The molecule has 1 heterocycles. The topological polar surface area (TPSA) is 3.24 Å². The zero-order valence-electron chi connectivity index (χ0n) is 8.02. The first-order valence-corrected chi connectivity index (χ1v) is 4.44. The zero-order valence-corrected chi connectivity index (χ0v) is 8.02. The van der Waals surface area contributed by atoms with E-state index >= 15 is 0 Å². The highest BCUT2D eigenvalue weighted by atomic mass is 15.1. The Morgan fingerprint density at radius 2 is 1.42 bits per heavy atom. The van der Waals surface area contributed by atoms with Gasteiger partial charge in [0.25, 0.3) is 0 Å². The van der Waals surface area contributed by atoms with Crippen molar-refractivity contribution in [1.29, 1.82) is 0 Å². The molecule has 0 unspecified atom stereocenters. The molecule has 0 aromatic heterocycles. The number of benzene rings is 1. The van der Waals surface area contributed by atoms with Crippen LogP contribution in [0.5, 0.6) is 0 Å². The Labute approximate surface area is 74.0 Å². The van der Waals surface area contributed by atoms with E-state index in [4.69, 9.17) is 0 Å². The molecule has 1 aliphatic heterocycles. The summed E-state index contributed by atoms with van der Waals surface area (Å²) in [6, 6.07) is 4.66. The van der Waals surface area contributed by atoms with Gasteiger partial charge in [-0.2, -0.15) is 0 Å². The van der Waals surface area contributed by atoms with Crippen LogP contribution in [0.1, 0.15) is 22.3 Å². The molecule has 12 heavy (non-hydrogen) atoms. The van der Waals surface area contributed by atoms with Crippen LogP contribution in [0.3, 0.4) is 0 Å². The fourth-order valence-electron chi connectivity index (χ4n) is 1.87. The molecule has 1 aromatic rings. The van der Waals surface area contributed by atoms with E-state index in [1.165, 1.54) is 22.3 Å². The molecule has 0 N–H and O–H groups in total. The Morgan fingerprint density at radius 1 is 1.00 bits per heavy atom. The van der Waals surface area contributed by atoms with Crippen LogP contribution < -0.4 is 0 Å². The third-order valence-electron chi connectivity index (χ3n) is 2.70. The smallest absolute Gasteiger partial charge is 0.0237 e. The van der Waals surface area contributed by atoms with Crippen molar-refractivity contribution in [3.05, 3.63) is 34.4 Å². The van der Waals surface area contributed by atoms with Crippen molar-refractivity contribution in [3.63, 3.8) is 0 Å². The predicted octanol–water partition coefficient (Wildman–Crippen LogP) is 2.25. The highest BCUT2D eigenvalue weighted by Crippen LogP contribution is 2.24. The minimum atomic E-state index is 1.12. The average molecular weight is 161 g/mol. The van der Waals surface area contributed by atoms with E-state index in [1.54, 1.807) is 0 Å². The number of hydrogen-bond donors (Lipinski definition) is 0. The molecule has 0 saturated heterocycles. The number of rotatable bonds is 0. The maximum atomic E-state index is 2.35. The molecule has 0 saturated carbocycles. The third kappa shape index (κ3) is 1.14. The van der Waals surface area contributed by atoms with Crippen LogP contribution in [0.25, 0.3) is 0 Å². The van der Waals surface area contributed by atoms with Crippen molar-refractivity contribution in [2.45, 2.75) is 26.9 Å². The van der Waals surface area contributed by atoms with E-state index in [0.717, 1.165) is 13.1 Å². The lowest BCUT2D eigenvalue weighted by Gasteiger charge is -2.03. The molecule has 0 aliphatic carbocycles. The van der Waals surface area contributed by atoms with E-state index in [2.05, 4.69) is 37.9 Å². The fraction of sp³-hybridized carbons (Fsp3) is 0.455. The molecule has 1 aliphatic rings. The van der Waals surface area contributed by atoms with Crippen LogP contribution in [-0.2, 0) is 13.1 Å². The van der Waals surface area contributed by atoms with Crippen LogP contribution in [-0.4, -0.2) is 11.9 Å². The third-order valence-corrected chi connectivity index (χ3v) is 2.70. The summed E-state index contributed by atoms with van der Waals surface area (Å²) >= 11 is 0. The summed E-state index contributed by atoms with van der Waals surface area (Å²) in [6.45, 7) is 6.62. The second kappa shape index (κ2) is 2.60. The van der Waals surface area contributed by atoms with Crippen molar-refractivity contribution in [2.75, 3.05) is 7.05 Å². The summed E-state index contributed by atoms with van der Waals surface area (Å²) in [5.41, 5.74) is 5.87. The predicted molar refractivity (Wildman–Crippen MR) is 51.1 cm³/mol. The molecule has 0 fully saturated rings. The largest absolute Gasteiger partial charge is 0.298 e. The van der Waals surface area contributed by atoms with Crippen molar-refractivity contribution < 1.29 is 0 Å². The van der Waals surface area contributed by atoms with Crippen LogP contribution in [0.15, 0.2) is 12.1 Å². The monoisotopic (exact) mass is 161 g/mol. The Balaban J connectivity index is 2.48. The first-order valence-electron chi connectivity index (χ1n) is 4.44. The van der Waals surface area contributed by atoms with Crippen LogP contribution in [0, 0.1) is 13.8 Å². The van der Waals surface area contributed by atoms with Crippen molar-refractivity contribution in [1.82, 2.24) is 4.90 Å². The minimum Gasteiger partial charge on any atom is -0.298 e. The standard InChI is InChI=1S/C11H15N/c1-8-4-10-6-12(3)7-11(10)5-9(8)2/h4-5H,6-7H2,1-3H3. The molecule has 1 aromatic carbocycles. The van der Waals surface area contributed by atoms with Gasteiger partial charge in [0.2, 0.25) is 0 Å². The van der Waals surface area contributed by atoms with Gasteiger partial charge in [-0.25, -0.2) is 0 Å². The molecule has 1 heteroatoms.